The van der Waals surface area contributed by atoms with Gasteiger partial charge in [0.15, 0.2) is 0 Å². The molecule has 5 aliphatic carbocycles. The largest absolute Gasteiger partial charge is 0.469 e. The first-order valence-corrected chi connectivity index (χ1v) is 15.3. The molecule has 10 atom stereocenters. The van der Waals surface area contributed by atoms with Crippen molar-refractivity contribution in [1.82, 2.24) is 0 Å². The van der Waals surface area contributed by atoms with E-state index in [0.717, 1.165) is 32.1 Å². The molecule has 4 heteroatoms. The highest BCUT2D eigenvalue weighted by Gasteiger charge is 2.70. The molecule has 2 unspecified atom stereocenters. The minimum absolute atomic E-state index is 0.00238. The van der Waals surface area contributed by atoms with Crippen molar-refractivity contribution >= 4 is 5.97 Å². The Balaban J connectivity index is 1.56. The van der Waals surface area contributed by atoms with Crippen LogP contribution in [-0.4, -0.2) is 37.0 Å². The Labute approximate surface area is 232 Å². The number of carbonyl (C=O) groups excluding carboxylic acids is 1. The molecular weight excluding hydrogens is 472 g/mol. The fourth-order valence-electron chi connectivity index (χ4n) is 11.3. The summed E-state index contributed by atoms with van der Waals surface area (Å²) in [4.78, 5) is 13.2. The van der Waals surface area contributed by atoms with Crippen molar-refractivity contribution in [2.24, 2.45) is 50.2 Å². The fourth-order valence-corrected chi connectivity index (χ4v) is 11.3. The van der Waals surface area contributed by atoms with Crippen LogP contribution in [0.1, 0.15) is 106 Å². The van der Waals surface area contributed by atoms with Gasteiger partial charge in [0, 0.05) is 5.41 Å². The number of fused-ring (bicyclic) bond motifs is 7. The summed E-state index contributed by atoms with van der Waals surface area (Å²) in [6.45, 7) is 21.6. The van der Waals surface area contributed by atoms with Crippen LogP contribution in [0.25, 0.3) is 0 Å². The molecule has 1 N–H and O–H groups in total. The summed E-state index contributed by atoms with van der Waals surface area (Å²) in [7, 11) is 1.48. The second kappa shape index (κ2) is 8.93. The zero-order chi connectivity index (χ0) is 27.9. The van der Waals surface area contributed by atoms with Crippen LogP contribution in [-0.2, 0) is 14.3 Å². The van der Waals surface area contributed by atoms with Crippen molar-refractivity contribution < 1.29 is 19.4 Å². The third-order valence-corrected chi connectivity index (χ3v) is 13.8. The standard InChI is InChI=1S/C34H54O4/c1-10-19-38-27-21-29(2,3)20-23-22-11-12-24-31(5)15-14-26(35)34(8,28(36)37-9)25(31)13-16-33(24,7)32(22,6)18-17-30(23,27)4/h10-11,23-27,35H,1,12-21H2,2-9H3/t23-,24-,25?,26+,27-,30-,31-,32-,33-,34?/m1/s1. The Bertz CT molecular complexity index is 1010. The zero-order valence-corrected chi connectivity index (χ0v) is 25.5. The molecule has 5 rings (SSSR count). The van der Waals surface area contributed by atoms with E-state index in [-0.39, 0.29) is 45.1 Å². The van der Waals surface area contributed by atoms with Gasteiger partial charge < -0.3 is 14.6 Å². The lowest BCUT2D eigenvalue weighted by Crippen LogP contribution is -2.66. The summed E-state index contributed by atoms with van der Waals surface area (Å²) in [5.74, 6) is 0.942. The first-order chi connectivity index (χ1) is 17.6. The van der Waals surface area contributed by atoms with Crippen LogP contribution in [0, 0.1) is 50.2 Å². The third kappa shape index (κ3) is 3.57. The van der Waals surface area contributed by atoms with E-state index in [1.54, 1.807) is 5.57 Å². The lowest BCUT2D eigenvalue weighted by Gasteiger charge is -2.71. The van der Waals surface area contributed by atoms with Gasteiger partial charge in [-0.3, -0.25) is 4.79 Å². The van der Waals surface area contributed by atoms with Gasteiger partial charge in [-0.1, -0.05) is 59.3 Å². The van der Waals surface area contributed by atoms with Crippen LogP contribution in [0.2, 0.25) is 0 Å². The van der Waals surface area contributed by atoms with Crippen molar-refractivity contribution in [1.29, 1.82) is 0 Å². The molecule has 4 fully saturated rings. The number of allylic oxidation sites excluding steroid dienone is 2. The number of esters is 1. The van der Waals surface area contributed by atoms with Crippen molar-refractivity contribution in [2.45, 2.75) is 118 Å². The van der Waals surface area contributed by atoms with Crippen LogP contribution in [0.4, 0.5) is 0 Å². The van der Waals surface area contributed by atoms with E-state index in [0.29, 0.717) is 24.9 Å². The Kier molecular flexibility index (Phi) is 6.68. The predicted octanol–water partition coefficient (Wildman–Crippen LogP) is 7.50. The molecular formula is C34H54O4. The molecule has 4 nitrogen and oxygen atoms in total. The number of hydrogen-bond acceptors (Lipinski definition) is 4. The highest BCUT2D eigenvalue weighted by Crippen LogP contribution is 2.75. The molecule has 0 heterocycles. The van der Waals surface area contributed by atoms with E-state index in [4.69, 9.17) is 9.47 Å². The quantitative estimate of drug-likeness (QED) is 0.304. The normalized spacial score (nSPS) is 51.4. The van der Waals surface area contributed by atoms with Gasteiger partial charge in [-0.15, -0.1) is 6.58 Å². The molecule has 0 aliphatic heterocycles. The summed E-state index contributed by atoms with van der Waals surface area (Å²) >= 11 is 0. The van der Waals surface area contributed by atoms with Crippen molar-refractivity contribution in [3.8, 4) is 0 Å². The number of carbonyl (C=O) groups is 1. The molecule has 5 aliphatic rings. The Morgan fingerprint density at radius 3 is 2.37 bits per heavy atom. The summed E-state index contributed by atoms with van der Waals surface area (Å²) in [5.41, 5.74) is 1.60. The lowest BCUT2D eigenvalue weighted by molar-refractivity contribution is -0.221. The van der Waals surface area contributed by atoms with E-state index in [2.05, 4.69) is 54.2 Å². The number of hydrogen-bond donors (Lipinski definition) is 1. The molecule has 0 saturated heterocycles. The van der Waals surface area contributed by atoms with Crippen molar-refractivity contribution in [3.63, 3.8) is 0 Å². The zero-order valence-electron chi connectivity index (χ0n) is 25.5. The molecule has 0 aromatic rings. The monoisotopic (exact) mass is 526 g/mol. The number of rotatable bonds is 4. The van der Waals surface area contributed by atoms with Gasteiger partial charge in [0.1, 0.15) is 0 Å². The number of methoxy groups -OCH3 is 1. The number of ether oxygens (including phenoxy) is 2. The van der Waals surface area contributed by atoms with Gasteiger partial charge in [0.2, 0.25) is 0 Å². The summed E-state index contributed by atoms with van der Waals surface area (Å²) in [6, 6.07) is 0. The van der Waals surface area contributed by atoms with E-state index in [9.17, 15) is 9.90 Å². The van der Waals surface area contributed by atoms with Crippen LogP contribution in [0.15, 0.2) is 24.3 Å². The molecule has 0 radical (unpaired) electrons. The van der Waals surface area contributed by atoms with Gasteiger partial charge in [-0.2, -0.15) is 0 Å². The average Bonchev–Trinajstić information content (AvgIpc) is 2.86. The van der Waals surface area contributed by atoms with E-state index < -0.39 is 11.5 Å². The van der Waals surface area contributed by atoms with Crippen molar-refractivity contribution in [2.75, 3.05) is 13.7 Å². The number of aliphatic hydroxyl groups excluding tert-OH is 1. The smallest absolute Gasteiger partial charge is 0.314 e. The topological polar surface area (TPSA) is 55.8 Å². The van der Waals surface area contributed by atoms with Gasteiger partial charge in [0.25, 0.3) is 0 Å². The molecule has 38 heavy (non-hydrogen) atoms. The maximum absolute atomic E-state index is 13.2. The summed E-state index contributed by atoms with van der Waals surface area (Å²) in [5, 5.41) is 11.1. The van der Waals surface area contributed by atoms with Crippen LogP contribution < -0.4 is 0 Å². The Hall–Kier alpha value is -1.13. The molecule has 4 saturated carbocycles. The highest BCUT2D eigenvalue weighted by molar-refractivity contribution is 5.78. The Morgan fingerprint density at radius 2 is 1.71 bits per heavy atom. The molecule has 0 amide bonds. The minimum atomic E-state index is -0.831. The van der Waals surface area contributed by atoms with Crippen LogP contribution in [0.5, 0.6) is 0 Å². The first-order valence-electron chi connectivity index (χ1n) is 15.3. The van der Waals surface area contributed by atoms with Gasteiger partial charge >= 0.3 is 5.97 Å². The van der Waals surface area contributed by atoms with Gasteiger partial charge in [-0.25, -0.2) is 0 Å². The highest BCUT2D eigenvalue weighted by atomic mass is 16.5. The molecule has 0 aromatic heterocycles. The van der Waals surface area contributed by atoms with Crippen LogP contribution >= 0.6 is 0 Å². The first kappa shape index (κ1) is 28.4. The SMILES string of the molecule is C=CCO[C@@H]1CC(C)(C)C[C@@H]2C3=CC[C@@H]4[C@@]5(C)CC[C@H](O)C(C)(C(=O)OC)C5CC[C@@]4(C)[C@]3(C)CC[C@]21C. The minimum Gasteiger partial charge on any atom is -0.469 e. The Morgan fingerprint density at radius 1 is 1.00 bits per heavy atom. The lowest BCUT2D eigenvalue weighted by atomic mass is 9.33. The molecule has 0 bridgehead atoms. The summed E-state index contributed by atoms with van der Waals surface area (Å²) < 4.78 is 11.8. The predicted molar refractivity (Wildman–Crippen MR) is 152 cm³/mol. The van der Waals surface area contributed by atoms with Crippen LogP contribution in [0.3, 0.4) is 0 Å². The van der Waals surface area contributed by atoms with E-state index >= 15 is 0 Å². The second-order valence-corrected chi connectivity index (χ2v) is 15.9. The van der Waals surface area contributed by atoms with E-state index in [1.165, 1.54) is 26.4 Å². The molecule has 214 valence electrons. The van der Waals surface area contributed by atoms with E-state index in [1.807, 2.05) is 13.0 Å². The fraction of sp³-hybridized carbons (Fsp3) is 0.853. The number of aliphatic hydroxyl groups is 1. The second-order valence-electron chi connectivity index (χ2n) is 15.9. The maximum Gasteiger partial charge on any atom is 0.314 e. The van der Waals surface area contributed by atoms with Gasteiger partial charge in [0.05, 0.1) is 31.3 Å². The van der Waals surface area contributed by atoms with Gasteiger partial charge in [-0.05, 0) is 104 Å². The molecule has 0 aromatic carbocycles. The average molecular weight is 527 g/mol. The van der Waals surface area contributed by atoms with Crippen molar-refractivity contribution in [3.05, 3.63) is 24.3 Å². The molecule has 0 spiro atoms. The maximum atomic E-state index is 13.2. The summed E-state index contributed by atoms with van der Waals surface area (Å²) in [6.07, 6.45) is 13.8. The third-order valence-electron chi connectivity index (χ3n) is 13.8.